The molecule has 4 saturated carbocycles. The Hall–Kier alpha value is -0.570. The first-order valence-corrected chi connectivity index (χ1v) is 11.1. The number of ether oxygens (including phenoxy) is 1. The van der Waals surface area contributed by atoms with E-state index in [1.807, 2.05) is 0 Å². The van der Waals surface area contributed by atoms with Crippen LogP contribution in [0, 0.1) is 34.5 Å². The largest absolute Gasteiger partial charge is 0.463 e. The van der Waals surface area contributed by atoms with Gasteiger partial charge in [0.1, 0.15) is 6.10 Å². The summed E-state index contributed by atoms with van der Waals surface area (Å²) in [5.74, 6) is 2.89. The Morgan fingerprint density at radius 2 is 1.77 bits per heavy atom. The van der Waals surface area contributed by atoms with Gasteiger partial charge in [-0.05, 0) is 98.7 Å². The van der Waals surface area contributed by atoms with Crippen LogP contribution in [0.5, 0.6) is 0 Å². The number of carbonyl (C=O) groups is 1. The van der Waals surface area contributed by atoms with Crippen molar-refractivity contribution in [1.82, 2.24) is 0 Å². The molecule has 0 spiro atoms. The summed E-state index contributed by atoms with van der Waals surface area (Å²) in [6, 6.07) is 0. The highest BCUT2D eigenvalue weighted by Crippen LogP contribution is 2.68. The van der Waals surface area contributed by atoms with Crippen molar-refractivity contribution >= 4 is 5.97 Å². The smallest absolute Gasteiger partial charge is 0.302 e. The molecule has 8 atom stereocenters. The maximum atomic E-state index is 11.4. The molecule has 1 N–H and O–H groups in total. The maximum absolute atomic E-state index is 11.4. The zero-order valence-corrected chi connectivity index (χ0v) is 17.2. The zero-order chi connectivity index (χ0) is 18.7. The van der Waals surface area contributed by atoms with Gasteiger partial charge in [-0.1, -0.05) is 20.8 Å². The Morgan fingerprint density at radius 1 is 1.04 bits per heavy atom. The molecule has 0 heterocycles. The average molecular weight is 363 g/mol. The Labute approximate surface area is 159 Å². The highest BCUT2D eigenvalue weighted by atomic mass is 16.5. The third-order valence-electron chi connectivity index (χ3n) is 9.86. The quantitative estimate of drug-likeness (QED) is 0.695. The van der Waals surface area contributed by atoms with Gasteiger partial charge in [-0.3, -0.25) is 4.79 Å². The summed E-state index contributed by atoms with van der Waals surface area (Å²) in [6.45, 7) is 8.66. The van der Waals surface area contributed by atoms with Crippen molar-refractivity contribution in [2.45, 2.75) is 104 Å². The normalized spacial score (nSPS) is 53.3. The van der Waals surface area contributed by atoms with Crippen molar-refractivity contribution in [1.29, 1.82) is 0 Å². The van der Waals surface area contributed by atoms with Crippen LogP contribution in [-0.4, -0.2) is 22.8 Å². The van der Waals surface area contributed by atoms with Crippen LogP contribution in [0.4, 0.5) is 0 Å². The molecule has 0 aromatic carbocycles. The van der Waals surface area contributed by atoms with Gasteiger partial charge < -0.3 is 9.84 Å². The molecule has 0 saturated heterocycles. The van der Waals surface area contributed by atoms with Gasteiger partial charge >= 0.3 is 5.97 Å². The van der Waals surface area contributed by atoms with E-state index < -0.39 is 5.60 Å². The van der Waals surface area contributed by atoms with Gasteiger partial charge in [-0.15, -0.1) is 0 Å². The first-order valence-electron chi connectivity index (χ1n) is 11.1. The summed E-state index contributed by atoms with van der Waals surface area (Å²) in [5.41, 5.74) is 0.0995. The lowest BCUT2D eigenvalue weighted by atomic mass is 9.44. The summed E-state index contributed by atoms with van der Waals surface area (Å²) in [4.78, 5) is 11.4. The predicted molar refractivity (Wildman–Crippen MR) is 103 cm³/mol. The van der Waals surface area contributed by atoms with Crippen LogP contribution in [0.2, 0.25) is 0 Å². The molecule has 4 aliphatic rings. The van der Waals surface area contributed by atoms with Crippen LogP contribution in [0.3, 0.4) is 0 Å². The summed E-state index contributed by atoms with van der Waals surface area (Å²) in [7, 11) is 0. The number of hydrogen-bond donors (Lipinski definition) is 1. The fourth-order valence-corrected chi connectivity index (χ4v) is 8.25. The van der Waals surface area contributed by atoms with Crippen molar-refractivity contribution in [3.63, 3.8) is 0 Å². The molecule has 148 valence electrons. The molecule has 0 radical (unpaired) electrons. The van der Waals surface area contributed by atoms with Crippen molar-refractivity contribution in [3.8, 4) is 0 Å². The Balaban J connectivity index is 1.55. The average Bonchev–Trinajstić information content (AvgIpc) is 2.87. The first kappa shape index (κ1) is 18.8. The zero-order valence-electron chi connectivity index (χ0n) is 17.2. The summed E-state index contributed by atoms with van der Waals surface area (Å²) in [6.07, 6.45) is 11.7. The molecule has 0 aromatic heterocycles. The van der Waals surface area contributed by atoms with Crippen molar-refractivity contribution < 1.29 is 14.6 Å². The topological polar surface area (TPSA) is 46.5 Å². The third-order valence-corrected chi connectivity index (χ3v) is 9.86. The van der Waals surface area contributed by atoms with E-state index in [0.29, 0.717) is 17.3 Å². The minimum atomic E-state index is -0.437. The van der Waals surface area contributed by atoms with Crippen LogP contribution in [-0.2, 0) is 9.53 Å². The standard InChI is InChI=1S/C23H38O3/c1-5-23(25)13-10-20-18-7-6-16-14-17(26-15(2)24)8-11-21(16,3)19(18)9-12-22(20,23)4/h16-20,25H,5-14H2,1-4H3/t16-,17-,18+,19-,20-,21-,22-,23-/m0/s1. The van der Waals surface area contributed by atoms with E-state index in [9.17, 15) is 9.90 Å². The lowest BCUT2D eigenvalue weighted by Crippen LogP contribution is -2.56. The SMILES string of the molecule is CC[C@]1(O)CC[C@H]2[C@@H]3CC[C@H]4C[C@@H](OC(C)=O)CC[C@]4(C)[C@H]3CC[C@@]21C. The first-order chi connectivity index (χ1) is 12.2. The van der Waals surface area contributed by atoms with E-state index in [1.54, 1.807) is 6.92 Å². The molecule has 0 unspecified atom stereocenters. The van der Waals surface area contributed by atoms with Crippen LogP contribution in [0.15, 0.2) is 0 Å². The molecule has 3 heteroatoms. The van der Waals surface area contributed by atoms with Gasteiger partial charge in [0.25, 0.3) is 0 Å². The van der Waals surface area contributed by atoms with Gasteiger partial charge in [0.15, 0.2) is 0 Å². The van der Waals surface area contributed by atoms with Crippen molar-refractivity contribution in [2.75, 3.05) is 0 Å². The Kier molecular flexibility index (Phi) is 4.49. The lowest BCUT2D eigenvalue weighted by molar-refractivity contribution is -0.169. The van der Waals surface area contributed by atoms with E-state index in [0.717, 1.165) is 37.5 Å². The molecule has 0 bridgehead atoms. The number of hydrogen-bond acceptors (Lipinski definition) is 3. The molecule has 0 amide bonds. The molecule has 0 aliphatic heterocycles. The minimum absolute atomic E-state index is 0.120. The number of esters is 1. The summed E-state index contributed by atoms with van der Waals surface area (Å²) in [5, 5.41) is 11.3. The predicted octanol–water partition coefficient (Wildman–Crippen LogP) is 5.10. The highest BCUT2D eigenvalue weighted by molar-refractivity contribution is 5.66. The molecule has 0 aromatic rings. The second-order valence-electron chi connectivity index (χ2n) is 10.5. The van der Waals surface area contributed by atoms with E-state index >= 15 is 0 Å². The van der Waals surface area contributed by atoms with Crippen LogP contribution in [0.1, 0.15) is 91.9 Å². The van der Waals surface area contributed by atoms with Crippen molar-refractivity contribution in [2.24, 2.45) is 34.5 Å². The molecule has 26 heavy (non-hydrogen) atoms. The summed E-state index contributed by atoms with van der Waals surface area (Å²) >= 11 is 0. The van der Waals surface area contributed by atoms with Crippen LogP contribution in [0.25, 0.3) is 0 Å². The molecule has 4 fully saturated rings. The van der Waals surface area contributed by atoms with Gasteiger partial charge in [0.05, 0.1) is 5.60 Å². The monoisotopic (exact) mass is 362 g/mol. The lowest BCUT2D eigenvalue weighted by Gasteiger charge is -2.61. The maximum Gasteiger partial charge on any atom is 0.302 e. The second-order valence-corrected chi connectivity index (χ2v) is 10.5. The highest BCUT2D eigenvalue weighted by Gasteiger charge is 2.64. The van der Waals surface area contributed by atoms with Crippen LogP contribution < -0.4 is 0 Å². The van der Waals surface area contributed by atoms with Gasteiger partial charge in [-0.2, -0.15) is 0 Å². The second kappa shape index (κ2) is 6.22. The summed E-state index contributed by atoms with van der Waals surface area (Å²) < 4.78 is 5.58. The Morgan fingerprint density at radius 3 is 2.46 bits per heavy atom. The van der Waals surface area contributed by atoms with Gasteiger partial charge in [0, 0.05) is 6.92 Å². The molecular formula is C23H38O3. The third kappa shape index (κ3) is 2.52. The molecule has 3 nitrogen and oxygen atoms in total. The number of carbonyl (C=O) groups excluding carboxylic acids is 1. The van der Waals surface area contributed by atoms with E-state index in [1.165, 1.54) is 38.5 Å². The van der Waals surface area contributed by atoms with Crippen LogP contribution >= 0.6 is 0 Å². The van der Waals surface area contributed by atoms with E-state index in [2.05, 4.69) is 20.8 Å². The molecule has 4 aliphatic carbocycles. The number of rotatable bonds is 2. The fraction of sp³-hybridized carbons (Fsp3) is 0.957. The Bertz CT molecular complexity index is 574. The van der Waals surface area contributed by atoms with Gasteiger partial charge in [0.2, 0.25) is 0 Å². The van der Waals surface area contributed by atoms with E-state index in [-0.39, 0.29) is 17.5 Å². The van der Waals surface area contributed by atoms with Crippen molar-refractivity contribution in [3.05, 3.63) is 0 Å². The fourth-order valence-electron chi connectivity index (χ4n) is 8.25. The number of aliphatic hydroxyl groups is 1. The molecule has 4 rings (SSSR count). The molecular weight excluding hydrogens is 324 g/mol. The van der Waals surface area contributed by atoms with E-state index in [4.69, 9.17) is 4.74 Å². The van der Waals surface area contributed by atoms with Gasteiger partial charge in [-0.25, -0.2) is 0 Å². The minimum Gasteiger partial charge on any atom is -0.463 e. The number of fused-ring (bicyclic) bond motifs is 5.